The maximum absolute atomic E-state index is 12.9. The zero-order chi connectivity index (χ0) is 20.1. The minimum absolute atomic E-state index is 0.0857. The van der Waals surface area contributed by atoms with Gasteiger partial charge in [-0.1, -0.05) is 35.5 Å². The van der Waals surface area contributed by atoms with Gasteiger partial charge in [0.2, 0.25) is 5.91 Å². The van der Waals surface area contributed by atoms with E-state index in [9.17, 15) is 14.4 Å². The second-order valence-corrected chi connectivity index (χ2v) is 7.45. The number of fused-ring (bicyclic) bond motifs is 1. The second-order valence-electron chi connectivity index (χ2n) is 6.07. The largest absolute Gasteiger partial charge is 0.355 e. The Morgan fingerprint density at radius 1 is 1.14 bits per heavy atom. The molecule has 0 saturated carbocycles. The van der Waals surface area contributed by atoms with Crippen LogP contribution >= 0.6 is 23.4 Å². The highest BCUT2D eigenvalue weighted by atomic mass is 35.5. The third-order valence-electron chi connectivity index (χ3n) is 4.03. The van der Waals surface area contributed by atoms with E-state index >= 15 is 0 Å². The number of ketones is 1. The summed E-state index contributed by atoms with van der Waals surface area (Å²) in [5, 5.41) is 4.18. The molecule has 0 aliphatic rings. The molecule has 0 bridgehead atoms. The minimum atomic E-state index is -0.197. The van der Waals surface area contributed by atoms with E-state index < -0.39 is 0 Å². The van der Waals surface area contributed by atoms with Crippen molar-refractivity contribution >= 4 is 46.0 Å². The van der Waals surface area contributed by atoms with Crippen LogP contribution in [0.4, 0.5) is 0 Å². The summed E-state index contributed by atoms with van der Waals surface area (Å²) < 4.78 is 1.50. The number of nitrogens with zero attached hydrogens (tertiary/aromatic N) is 2. The summed E-state index contributed by atoms with van der Waals surface area (Å²) in [5.41, 5.74) is 0.923. The fourth-order valence-corrected chi connectivity index (χ4v) is 3.69. The molecule has 6 nitrogen and oxygen atoms in total. The van der Waals surface area contributed by atoms with Gasteiger partial charge in [0.25, 0.3) is 5.56 Å². The first-order valence-corrected chi connectivity index (χ1v) is 9.97. The topological polar surface area (TPSA) is 81.1 Å². The highest BCUT2D eigenvalue weighted by Gasteiger charge is 2.14. The number of hydrogen-bond acceptors (Lipinski definition) is 5. The molecule has 2 aromatic carbocycles. The van der Waals surface area contributed by atoms with Crippen LogP contribution in [-0.2, 0) is 11.3 Å². The predicted octanol–water partition coefficient (Wildman–Crippen LogP) is 3.16. The summed E-state index contributed by atoms with van der Waals surface area (Å²) >= 11 is 7.06. The summed E-state index contributed by atoms with van der Waals surface area (Å²) in [4.78, 5) is 41.0. The fourth-order valence-electron chi connectivity index (χ4n) is 2.65. The number of aromatic nitrogens is 2. The van der Waals surface area contributed by atoms with Crippen molar-refractivity contribution in [3.05, 3.63) is 69.5 Å². The summed E-state index contributed by atoms with van der Waals surface area (Å²) in [6.07, 6.45) is 0. The first-order valence-electron chi connectivity index (χ1n) is 8.61. The molecule has 28 heavy (non-hydrogen) atoms. The molecule has 0 atom stereocenters. The molecule has 0 saturated heterocycles. The van der Waals surface area contributed by atoms with Crippen LogP contribution in [0.3, 0.4) is 0 Å². The lowest BCUT2D eigenvalue weighted by molar-refractivity contribution is -0.119. The van der Waals surface area contributed by atoms with Crippen molar-refractivity contribution in [2.45, 2.75) is 18.6 Å². The van der Waals surface area contributed by atoms with Crippen molar-refractivity contribution in [3.63, 3.8) is 0 Å². The Balaban J connectivity index is 1.87. The number of para-hydroxylation sites is 1. The van der Waals surface area contributed by atoms with Crippen molar-refractivity contribution in [3.8, 4) is 0 Å². The Kier molecular flexibility index (Phi) is 6.49. The fraction of sp³-hybridized carbons (Fsp3) is 0.200. The predicted molar refractivity (Wildman–Crippen MR) is 111 cm³/mol. The molecular weight excluding hydrogens is 398 g/mol. The zero-order valence-corrected chi connectivity index (χ0v) is 16.7. The summed E-state index contributed by atoms with van der Waals surface area (Å²) in [6, 6.07) is 13.7. The number of nitrogens with one attached hydrogen (secondary N) is 1. The van der Waals surface area contributed by atoms with Crippen LogP contribution in [0, 0.1) is 0 Å². The maximum Gasteiger partial charge on any atom is 0.262 e. The van der Waals surface area contributed by atoms with Crippen LogP contribution in [0.5, 0.6) is 0 Å². The molecule has 0 radical (unpaired) electrons. The van der Waals surface area contributed by atoms with Gasteiger partial charge < -0.3 is 5.32 Å². The van der Waals surface area contributed by atoms with Gasteiger partial charge >= 0.3 is 0 Å². The van der Waals surface area contributed by atoms with E-state index in [2.05, 4.69) is 10.3 Å². The molecule has 0 spiro atoms. The minimum Gasteiger partial charge on any atom is -0.355 e. The number of benzene rings is 2. The van der Waals surface area contributed by atoms with E-state index in [0.717, 1.165) is 0 Å². The Hall–Kier alpha value is -2.64. The van der Waals surface area contributed by atoms with Gasteiger partial charge in [0, 0.05) is 30.6 Å². The van der Waals surface area contributed by atoms with Crippen LogP contribution in [0.15, 0.2) is 58.5 Å². The van der Waals surface area contributed by atoms with Crippen LogP contribution < -0.4 is 10.9 Å². The van der Waals surface area contributed by atoms with Crippen molar-refractivity contribution in [2.75, 3.05) is 12.3 Å². The zero-order valence-electron chi connectivity index (χ0n) is 15.1. The number of halogens is 1. The summed E-state index contributed by atoms with van der Waals surface area (Å²) in [7, 11) is 0. The van der Waals surface area contributed by atoms with Crippen LogP contribution in [-0.4, -0.2) is 33.5 Å². The Morgan fingerprint density at radius 2 is 1.86 bits per heavy atom. The Morgan fingerprint density at radius 3 is 2.57 bits per heavy atom. The Labute approximate surface area is 170 Å². The van der Waals surface area contributed by atoms with E-state index in [0.29, 0.717) is 33.2 Å². The van der Waals surface area contributed by atoms with Gasteiger partial charge in [-0.25, -0.2) is 4.98 Å². The maximum atomic E-state index is 12.9. The molecule has 144 valence electrons. The number of carbonyl (C=O) groups is 2. The van der Waals surface area contributed by atoms with Crippen molar-refractivity contribution in [1.82, 2.24) is 14.9 Å². The number of thioether (sulfide) groups is 1. The van der Waals surface area contributed by atoms with Crippen molar-refractivity contribution < 1.29 is 9.59 Å². The van der Waals surface area contributed by atoms with Gasteiger partial charge in [-0.2, -0.15) is 0 Å². The highest BCUT2D eigenvalue weighted by molar-refractivity contribution is 7.99. The van der Waals surface area contributed by atoms with E-state index in [-0.39, 0.29) is 29.5 Å². The molecule has 1 amide bonds. The molecule has 3 rings (SSSR count). The standard InChI is InChI=1S/C20H18ClN3O3S/c1-13(25)22-10-11-24-19(27)16-4-2-3-5-17(16)23-20(24)28-12-18(26)14-6-8-15(21)9-7-14/h2-9H,10-12H2,1H3,(H,22,25). The van der Waals surface area contributed by atoms with E-state index in [1.807, 2.05) is 6.07 Å². The van der Waals surface area contributed by atoms with Gasteiger partial charge in [-0.15, -0.1) is 0 Å². The van der Waals surface area contributed by atoms with Crippen LogP contribution in [0.25, 0.3) is 10.9 Å². The molecule has 8 heteroatoms. The molecule has 3 aromatic rings. The lowest BCUT2D eigenvalue weighted by Gasteiger charge is -2.13. The van der Waals surface area contributed by atoms with Gasteiger partial charge in [0.1, 0.15) is 0 Å². The lowest BCUT2D eigenvalue weighted by Crippen LogP contribution is -2.31. The average Bonchev–Trinajstić information content (AvgIpc) is 2.68. The molecule has 0 aliphatic carbocycles. The van der Waals surface area contributed by atoms with E-state index in [1.165, 1.54) is 23.3 Å². The van der Waals surface area contributed by atoms with Gasteiger partial charge in [-0.05, 0) is 36.4 Å². The number of Topliss-reactive ketones (excluding diaryl/α,β-unsaturated/α-hetero) is 1. The number of rotatable bonds is 7. The SMILES string of the molecule is CC(=O)NCCn1c(SCC(=O)c2ccc(Cl)cc2)nc2ccccc2c1=O. The first-order chi connectivity index (χ1) is 13.5. The average molecular weight is 416 g/mol. The molecule has 1 N–H and O–H groups in total. The summed E-state index contributed by atoms with van der Waals surface area (Å²) in [5.74, 6) is -0.126. The Bertz CT molecular complexity index is 1080. The third-order valence-corrected chi connectivity index (χ3v) is 5.26. The van der Waals surface area contributed by atoms with E-state index in [1.54, 1.807) is 42.5 Å². The van der Waals surface area contributed by atoms with Crippen LogP contribution in [0.1, 0.15) is 17.3 Å². The molecule has 1 heterocycles. The summed E-state index contributed by atoms with van der Waals surface area (Å²) in [6.45, 7) is 1.99. The van der Waals surface area contributed by atoms with Gasteiger partial charge in [0.15, 0.2) is 10.9 Å². The smallest absolute Gasteiger partial charge is 0.262 e. The number of carbonyl (C=O) groups excluding carboxylic acids is 2. The molecular formula is C20H18ClN3O3S. The molecule has 1 aromatic heterocycles. The number of hydrogen-bond donors (Lipinski definition) is 1. The first kappa shape index (κ1) is 20.1. The lowest BCUT2D eigenvalue weighted by atomic mass is 10.1. The van der Waals surface area contributed by atoms with Crippen molar-refractivity contribution in [1.29, 1.82) is 0 Å². The van der Waals surface area contributed by atoms with Gasteiger partial charge in [0.05, 0.1) is 16.7 Å². The van der Waals surface area contributed by atoms with Crippen LogP contribution in [0.2, 0.25) is 5.02 Å². The molecule has 0 fully saturated rings. The number of amides is 1. The third kappa shape index (κ3) is 4.79. The van der Waals surface area contributed by atoms with Gasteiger partial charge in [-0.3, -0.25) is 19.0 Å². The monoisotopic (exact) mass is 415 g/mol. The molecule has 0 aliphatic heterocycles. The highest BCUT2D eigenvalue weighted by Crippen LogP contribution is 2.20. The normalized spacial score (nSPS) is 10.8. The second kappa shape index (κ2) is 9.03. The van der Waals surface area contributed by atoms with E-state index in [4.69, 9.17) is 11.6 Å². The molecule has 0 unspecified atom stereocenters. The quantitative estimate of drug-likeness (QED) is 0.364. The van der Waals surface area contributed by atoms with Crippen molar-refractivity contribution in [2.24, 2.45) is 0 Å².